The van der Waals surface area contributed by atoms with Crippen LogP contribution < -0.4 is 0 Å². The van der Waals surface area contributed by atoms with Gasteiger partial charge in [-0.1, -0.05) is 0 Å². The molecule has 0 fully saturated rings. The van der Waals surface area contributed by atoms with Crippen molar-refractivity contribution in [1.29, 1.82) is 0 Å². The highest BCUT2D eigenvalue weighted by atomic mass is 79.9. The van der Waals surface area contributed by atoms with Crippen LogP contribution in [0.15, 0.2) is 44.9 Å². The molecule has 0 bridgehead atoms. The molecule has 8 heteroatoms. The van der Waals surface area contributed by atoms with Crippen molar-refractivity contribution in [1.82, 2.24) is 14.8 Å². The molecule has 1 N–H and O–H groups in total. The Hall–Kier alpha value is -1.51. The summed E-state index contributed by atoms with van der Waals surface area (Å²) in [4.78, 5) is 16.4. The van der Waals surface area contributed by atoms with E-state index in [0.29, 0.717) is 11.5 Å². The molecule has 106 valence electrons. The Balaban J connectivity index is 2.12. The van der Waals surface area contributed by atoms with Gasteiger partial charge in [-0.05, 0) is 56.1 Å². The standard InChI is InChI=1S/C13H7Br2N3O2S/c14-7-1-4-11(16-5-7)18-6-8(13(19)20)12(17-18)9-2-3-10(15)21-9/h1-6H,(H,19,20). The number of carboxylic acids is 1. The van der Waals surface area contributed by atoms with Crippen LogP contribution in [0.25, 0.3) is 16.4 Å². The minimum atomic E-state index is -1.02. The van der Waals surface area contributed by atoms with Crippen molar-refractivity contribution < 1.29 is 9.90 Å². The lowest BCUT2D eigenvalue weighted by molar-refractivity contribution is 0.0697. The normalized spacial score (nSPS) is 10.8. The number of aromatic nitrogens is 3. The van der Waals surface area contributed by atoms with E-state index in [-0.39, 0.29) is 5.56 Å². The SMILES string of the molecule is O=C(O)c1cn(-c2ccc(Br)cn2)nc1-c1ccc(Br)s1. The minimum Gasteiger partial charge on any atom is -0.478 e. The van der Waals surface area contributed by atoms with Gasteiger partial charge in [-0.3, -0.25) is 0 Å². The number of hydrogen-bond donors (Lipinski definition) is 1. The number of nitrogens with zero attached hydrogens (tertiary/aromatic N) is 3. The number of hydrogen-bond acceptors (Lipinski definition) is 4. The van der Waals surface area contributed by atoms with E-state index in [2.05, 4.69) is 41.9 Å². The molecule has 0 atom stereocenters. The summed E-state index contributed by atoms with van der Waals surface area (Å²) in [5.41, 5.74) is 0.581. The fourth-order valence-electron chi connectivity index (χ4n) is 1.77. The lowest BCUT2D eigenvalue weighted by Crippen LogP contribution is -1.97. The van der Waals surface area contributed by atoms with Crippen LogP contribution >= 0.6 is 43.2 Å². The Morgan fingerprint density at radius 2 is 2.05 bits per heavy atom. The molecule has 3 aromatic heterocycles. The first-order valence-corrected chi connectivity index (χ1v) is 8.15. The first kappa shape index (κ1) is 14.4. The third kappa shape index (κ3) is 2.92. The van der Waals surface area contributed by atoms with Gasteiger partial charge in [-0.15, -0.1) is 11.3 Å². The Kier molecular flexibility index (Phi) is 3.92. The van der Waals surface area contributed by atoms with E-state index >= 15 is 0 Å². The van der Waals surface area contributed by atoms with Gasteiger partial charge < -0.3 is 5.11 Å². The topological polar surface area (TPSA) is 68.0 Å². The first-order chi connectivity index (χ1) is 10.0. The highest BCUT2D eigenvalue weighted by molar-refractivity contribution is 9.11. The predicted octanol–water partition coefficient (Wildman–Crippen LogP) is 4.22. The summed E-state index contributed by atoms with van der Waals surface area (Å²) in [6.45, 7) is 0. The Morgan fingerprint density at radius 3 is 2.62 bits per heavy atom. The average Bonchev–Trinajstić information content (AvgIpc) is 3.05. The highest BCUT2D eigenvalue weighted by Gasteiger charge is 2.19. The van der Waals surface area contributed by atoms with Gasteiger partial charge in [0.2, 0.25) is 0 Å². The van der Waals surface area contributed by atoms with Gasteiger partial charge >= 0.3 is 5.97 Å². The number of carboxylic acid groups (broad SMARTS) is 1. The average molecular weight is 429 g/mol. The molecular weight excluding hydrogens is 422 g/mol. The number of aromatic carboxylic acids is 1. The zero-order chi connectivity index (χ0) is 15.0. The lowest BCUT2D eigenvalue weighted by atomic mass is 10.2. The van der Waals surface area contributed by atoms with Crippen LogP contribution in [0.2, 0.25) is 0 Å². The Morgan fingerprint density at radius 1 is 1.24 bits per heavy atom. The fraction of sp³-hybridized carbons (Fsp3) is 0. The summed E-state index contributed by atoms with van der Waals surface area (Å²) in [6, 6.07) is 7.29. The maximum absolute atomic E-state index is 11.4. The van der Waals surface area contributed by atoms with Crippen LogP contribution in [0.5, 0.6) is 0 Å². The van der Waals surface area contributed by atoms with Gasteiger partial charge in [0.15, 0.2) is 5.82 Å². The summed E-state index contributed by atoms with van der Waals surface area (Å²) in [6.07, 6.45) is 3.11. The maximum Gasteiger partial charge on any atom is 0.339 e. The van der Waals surface area contributed by atoms with Crippen molar-refractivity contribution in [2.24, 2.45) is 0 Å². The van der Waals surface area contributed by atoms with Gasteiger partial charge in [-0.2, -0.15) is 5.10 Å². The van der Waals surface area contributed by atoms with Gasteiger partial charge in [0, 0.05) is 16.9 Å². The lowest BCUT2D eigenvalue weighted by Gasteiger charge is -1.99. The quantitative estimate of drug-likeness (QED) is 0.678. The molecule has 0 aliphatic carbocycles. The molecule has 0 saturated carbocycles. The van der Waals surface area contributed by atoms with Crippen LogP contribution in [0.4, 0.5) is 0 Å². The van der Waals surface area contributed by atoms with E-state index in [1.807, 2.05) is 18.2 Å². The van der Waals surface area contributed by atoms with E-state index in [0.717, 1.165) is 13.1 Å². The first-order valence-electron chi connectivity index (χ1n) is 5.75. The summed E-state index contributed by atoms with van der Waals surface area (Å²) >= 11 is 8.11. The molecule has 0 aliphatic rings. The number of carbonyl (C=O) groups is 1. The van der Waals surface area contributed by atoms with Crippen LogP contribution in [0.1, 0.15) is 10.4 Å². The number of pyridine rings is 1. The molecule has 0 spiro atoms. The summed E-state index contributed by atoms with van der Waals surface area (Å²) < 4.78 is 3.24. The molecule has 0 radical (unpaired) electrons. The van der Waals surface area contributed by atoms with E-state index in [1.54, 1.807) is 12.3 Å². The van der Waals surface area contributed by atoms with Crippen molar-refractivity contribution in [2.45, 2.75) is 0 Å². The summed E-state index contributed by atoms with van der Waals surface area (Å²) in [7, 11) is 0. The van der Waals surface area contributed by atoms with E-state index < -0.39 is 5.97 Å². The molecular formula is C13H7Br2N3O2S. The largest absolute Gasteiger partial charge is 0.478 e. The molecule has 0 aliphatic heterocycles. The second kappa shape index (κ2) is 5.70. The molecule has 21 heavy (non-hydrogen) atoms. The monoisotopic (exact) mass is 427 g/mol. The molecule has 0 amide bonds. The van der Waals surface area contributed by atoms with Crippen LogP contribution in [0, 0.1) is 0 Å². The molecule has 3 heterocycles. The zero-order valence-corrected chi connectivity index (χ0v) is 14.3. The van der Waals surface area contributed by atoms with E-state index in [1.165, 1.54) is 22.2 Å². The zero-order valence-electron chi connectivity index (χ0n) is 10.3. The van der Waals surface area contributed by atoms with Gasteiger partial charge in [0.25, 0.3) is 0 Å². The summed E-state index contributed by atoms with van der Waals surface area (Å²) in [5, 5.41) is 13.7. The Labute approximate surface area is 140 Å². The van der Waals surface area contributed by atoms with Crippen molar-refractivity contribution in [2.75, 3.05) is 0 Å². The van der Waals surface area contributed by atoms with Crippen molar-refractivity contribution in [3.8, 4) is 16.4 Å². The van der Waals surface area contributed by atoms with Gasteiger partial charge in [-0.25, -0.2) is 14.5 Å². The van der Waals surface area contributed by atoms with Crippen molar-refractivity contribution >= 4 is 49.2 Å². The van der Waals surface area contributed by atoms with Crippen molar-refractivity contribution in [3.63, 3.8) is 0 Å². The van der Waals surface area contributed by atoms with Gasteiger partial charge in [0.1, 0.15) is 11.3 Å². The predicted molar refractivity (Wildman–Crippen MR) is 87.0 cm³/mol. The van der Waals surface area contributed by atoms with Crippen molar-refractivity contribution in [3.05, 3.63) is 50.5 Å². The van der Waals surface area contributed by atoms with Crippen LogP contribution in [0.3, 0.4) is 0 Å². The molecule has 0 saturated heterocycles. The summed E-state index contributed by atoms with van der Waals surface area (Å²) in [5.74, 6) is -0.458. The number of thiophene rings is 1. The molecule has 3 aromatic rings. The fourth-order valence-corrected chi connectivity index (χ4v) is 3.39. The Bertz CT molecular complexity index is 811. The second-order valence-corrected chi connectivity index (χ2v) is 7.46. The van der Waals surface area contributed by atoms with Crippen LogP contribution in [-0.2, 0) is 0 Å². The van der Waals surface area contributed by atoms with E-state index in [9.17, 15) is 9.90 Å². The number of rotatable bonds is 3. The number of halogens is 2. The van der Waals surface area contributed by atoms with Gasteiger partial charge in [0.05, 0.1) is 8.66 Å². The smallest absolute Gasteiger partial charge is 0.339 e. The minimum absolute atomic E-state index is 0.147. The van der Waals surface area contributed by atoms with Crippen LogP contribution in [-0.4, -0.2) is 25.8 Å². The highest BCUT2D eigenvalue weighted by Crippen LogP contribution is 2.32. The van der Waals surface area contributed by atoms with E-state index in [4.69, 9.17) is 0 Å². The molecule has 3 rings (SSSR count). The maximum atomic E-state index is 11.4. The third-order valence-corrected chi connectivity index (χ3v) is 4.80. The third-order valence-electron chi connectivity index (χ3n) is 2.70. The molecule has 0 aromatic carbocycles. The molecule has 5 nitrogen and oxygen atoms in total. The molecule has 0 unspecified atom stereocenters. The second-order valence-electron chi connectivity index (χ2n) is 4.08.